The maximum atomic E-state index is 12.9. The molecule has 0 aliphatic rings. The average Bonchev–Trinajstić information content (AvgIpc) is 2.46. The van der Waals surface area contributed by atoms with E-state index < -0.39 is 0 Å². The van der Waals surface area contributed by atoms with Crippen molar-refractivity contribution < 1.29 is 9.50 Å². The van der Waals surface area contributed by atoms with Crippen LogP contribution in [0.5, 0.6) is 5.88 Å². The van der Waals surface area contributed by atoms with E-state index in [9.17, 15) is 14.3 Å². The summed E-state index contributed by atoms with van der Waals surface area (Å²) in [4.78, 5) is 18.7. The Labute approximate surface area is 122 Å². The molecule has 0 atom stereocenters. The summed E-state index contributed by atoms with van der Waals surface area (Å²) in [5, 5.41) is 9.94. The van der Waals surface area contributed by atoms with Crippen molar-refractivity contribution in [2.75, 3.05) is 0 Å². The van der Waals surface area contributed by atoms with Crippen LogP contribution in [-0.2, 0) is 6.42 Å². The van der Waals surface area contributed by atoms with Crippen LogP contribution in [-0.4, -0.2) is 15.1 Å². The quantitative estimate of drug-likeness (QED) is 0.801. The van der Waals surface area contributed by atoms with Gasteiger partial charge in [0.05, 0.1) is 5.56 Å². The van der Waals surface area contributed by atoms with E-state index in [1.54, 1.807) is 0 Å². The van der Waals surface area contributed by atoms with Crippen molar-refractivity contribution in [1.82, 2.24) is 9.97 Å². The van der Waals surface area contributed by atoms with Crippen LogP contribution in [0, 0.1) is 5.82 Å². The second-order valence-corrected chi connectivity index (χ2v) is 5.03. The van der Waals surface area contributed by atoms with Crippen LogP contribution >= 0.6 is 0 Å². The number of hydrogen-bond donors (Lipinski definition) is 2. The van der Waals surface area contributed by atoms with Gasteiger partial charge in [-0.1, -0.05) is 26.2 Å². The summed E-state index contributed by atoms with van der Waals surface area (Å²) in [6.45, 7) is 2.11. The molecule has 1 heterocycles. The fourth-order valence-corrected chi connectivity index (χ4v) is 2.18. The van der Waals surface area contributed by atoms with Crippen LogP contribution in [0.3, 0.4) is 0 Å². The van der Waals surface area contributed by atoms with Crippen molar-refractivity contribution in [3.63, 3.8) is 0 Å². The highest BCUT2D eigenvalue weighted by molar-refractivity contribution is 5.55. The Morgan fingerprint density at radius 1 is 1.19 bits per heavy atom. The van der Waals surface area contributed by atoms with Crippen molar-refractivity contribution >= 4 is 0 Å². The number of hydrogen-bond acceptors (Lipinski definition) is 3. The number of nitrogens with one attached hydrogen (secondary N) is 1. The van der Waals surface area contributed by atoms with E-state index in [2.05, 4.69) is 16.9 Å². The minimum Gasteiger partial charge on any atom is -0.493 e. The zero-order valence-electron chi connectivity index (χ0n) is 12.0. The number of rotatable bonds is 6. The Hall–Kier alpha value is -2.17. The minimum absolute atomic E-state index is 0.241. The second-order valence-electron chi connectivity index (χ2n) is 5.03. The molecule has 0 bridgehead atoms. The van der Waals surface area contributed by atoms with Crippen molar-refractivity contribution in [2.24, 2.45) is 0 Å². The highest BCUT2D eigenvalue weighted by Crippen LogP contribution is 2.19. The van der Waals surface area contributed by atoms with Crippen LogP contribution in [0.4, 0.5) is 4.39 Å². The zero-order valence-corrected chi connectivity index (χ0v) is 12.0. The Morgan fingerprint density at radius 3 is 2.52 bits per heavy atom. The van der Waals surface area contributed by atoms with Gasteiger partial charge in [-0.25, -0.2) is 4.39 Å². The summed E-state index contributed by atoms with van der Waals surface area (Å²) in [6.07, 6.45) is 4.61. The highest BCUT2D eigenvalue weighted by atomic mass is 19.1. The van der Waals surface area contributed by atoms with Crippen LogP contribution in [0.25, 0.3) is 11.4 Å². The third kappa shape index (κ3) is 3.90. The lowest BCUT2D eigenvalue weighted by Crippen LogP contribution is -2.15. The Kier molecular flexibility index (Phi) is 5.09. The summed E-state index contributed by atoms with van der Waals surface area (Å²) in [5.41, 5.74) is 0.539. The second kappa shape index (κ2) is 7.02. The van der Waals surface area contributed by atoms with E-state index in [1.165, 1.54) is 24.3 Å². The van der Waals surface area contributed by atoms with E-state index in [-0.39, 0.29) is 23.1 Å². The van der Waals surface area contributed by atoms with Crippen molar-refractivity contribution in [1.29, 1.82) is 0 Å². The maximum absolute atomic E-state index is 12.9. The summed E-state index contributed by atoms with van der Waals surface area (Å²) in [6, 6.07) is 5.58. The topological polar surface area (TPSA) is 66.0 Å². The van der Waals surface area contributed by atoms with Crippen molar-refractivity contribution in [2.45, 2.75) is 39.0 Å². The zero-order chi connectivity index (χ0) is 15.2. The molecule has 21 heavy (non-hydrogen) atoms. The molecule has 1 aromatic carbocycles. The SMILES string of the molecule is CCCCCCc1c(O)nc(-c2ccc(F)cc2)[nH]c1=O. The van der Waals surface area contributed by atoms with Gasteiger partial charge in [-0.15, -0.1) is 0 Å². The van der Waals surface area contributed by atoms with Crippen molar-refractivity contribution in [3.05, 3.63) is 46.0 Å². The molecule has 2 rings (SSSR count). The Morgan fingerprint density at radius 2 is 1.90 bits per heavy atom. The molecule has 0 saturated carbocycles. The molecule has 0 unspecified atom stereocenters. The normalized spacial score (nSPS) is 10.8. The van der Waals surface area contributed by atoms with Gasteiger partial charge in [0.15, 0.2) is 0 Å². The molecular formula is C16H19FN2O2. The standard InChI is InChI=1S/C16H19FN2O2/c1-2-3-4-5-6-13-15(20)18-14(19-16(13)21)11-7-9-12(17)10-8-11/h7-10H,2-6H2,1H3,(H2,18,19,20,21). The van der Waals surface area contributed by atoms with E-state index >= 15 is 0 Å². The summed E-state index contributed by atoms with van der Waals surface area (Å²) < 4.78 is 12.9. The molecule has 5 heteroatoms. The van der Waals surface area contributed by atoms with Gasteiger partial charge >= 0.3 is 0 Å². The highest BCUT2D eigenvalue weighted by Gasteiger charge is 2.11. The molecule has 0 aliphatic heterocycles. The molecular weight excluding hydrogens is 271 g/mol. The molecule has 112 valence electrons. The van der Waals surface area contributed by atoms with E-state index in [0.717, 1.165) is 25.7 Å². The van der Waals surface area contributed by atoms with Gasteiger partial charge in [0.1, 0.15) is 11.6 Å². The fraction of sp³-hybridized carbons (Fsp3) is 0.375. The molecule has 1 aromatic heterocycles. The number of aromatic amines is 1. The van der Waals surface area contributed by atoms with E-state index in [4.69, 9.17) is 0 Å². The number of unbranched alkanes of at least 4 members (excludes halogenated alkanes) is 3. The first-order valence-corrected chi connectivity index (χ1v) is 7.20. The maximum Gasteiger partial charge on any atom is 0.258 e. The van der Waals surface area contributed by atoms with Crippen LogP contribution in [0.1, 0.15) is 38.2 Å². The smallest absolute Gasteiger partial charge is 0.258 e. The Balaban J connectivity index is 2.20. The van der Waals surface area contributed by atoms with E-state index in [0.29, 0.717) is 17.5 Å². The monoisotopic (exact) mass is 290 g/mol. The predicted octanol–water partition coefficient (Wildman–Crippen LogP) is 3.40. The van der Waals surface area contributed by atoms with E-state index in [1.807, 2.05) is 0 Å². The first kappa shape index (κ1) is 15.2. The number of benzene rings is 1. The summed E-state index contributed by atoms with van der Waals surface area (Å²) in [7, 11) is 0. The van der Waals surface area contributed by atoms with Gasteiger partial charge in [0.2, 0.25) is 5.88 Å². The molecule has 0 saturated heterocycles. The average molecular weight is 290 g/mol. The molecule has 4 nitrogen and oxygen atoms in total. The fourth-order valence-electron chi connectivity index (χ4n) is 2.18. The lowest BCUT2D eigenvalue weighted by atomic mass is 10.1. The molecule has 2 aromatic rings. The number of aromatic hydroxyl groups is 1. The first-order chi connectivity index (χ1) is 10.1. The molecule has 0 amide bonds. The molecule has 0 fully saturated rings. The minimum atomic E-state index is -0.363. The lowest BCUT2D eigenvalue weighted by Gasteiger charge is -2.06. The van der Waals surface area contributed by atoms with Gasteiger partial charge in [-0.2, -0.15) is 4.98 Å². The molecule has 0 aliphatic carbocycles. The van der Waals surface area contributed by atoms with Crippen molar-refractivity contribution in [3.8, 4) is 17.3 Å². The third-order valence-corrected chi connectivity index (χ3v) is 3.39. The van der Waals surface area contributed by atoms with Crippen LogP contribution < -0.4 is 5.56 Å². The number of H-pyrrole nitrogens is 1. The lowest BCUT2D eigenvalue weighted by molar-refractivity contribution is 0.442. The molecule has 0 radical (unpaired) electrons. The van der Waals surface area contributed by atoms with Crippen LogP contribution in [0.15, 0.2) is 29.1 Å². The third-order valence-electron chi connectivity index (χ3n) is 3.39. The van der Waals surface area contributed by atoms with Gasteiger partial charge in [-0.05, 0) is 37.1 Å². The van der Waals surface area contributed by atoms with Gasteiger partial charge in [0, 0.05) is 5.56 Å². The van der Waals surface area contributed by atoms with Crippen LogP contribution in [0.2, 0.25) is 0 Å². The summed E-state index contributed by atoms with van der Waals surface area (Å²) in [5.74, 6) is -0.359. The Bertz CT molecular complexity index is 650. The molecule has 2 N–H and O–H groups in total. The molecule has 0 spiro atoms. The summed E-state index contributed by atoms with van der Waals surface area (Å²) >= 11 is 0. The number of halogens is 1. The number of nitrogens with zero attached hydrogens (tertiary/aromatic N) is 1. The first-order valence-electron chi connectivity index (χ1n) is 7.20. The largest absolute Gasteiger partial charge is 0.493 e. The number of aromatic nitrogens is 2. The van der Waals surface area contributed by atoms with Gasteiger partial charge in [-0.3, -0.25) is 4.79 Å². The predicted molar refractivity (Wildman–Crippen MR) is 79.8 cm³/mol. The van der Waals surface area contributed by atoms with Gasteiger partial charge < -0.3 is 10.1 Å². The van der Waals surface area contributed by atoms with Gasteiger partial charge in [0.25, 0.3) is 5.56 Å².